The fourth-order valence-corrected chi connectivity index (χ4v) is 4.94. The zero-order chi connectivity index (χ0) is 38.5. The Morgan fingerprint density at radius 3 is 1.90 bits per heavy atom. The Morgan fingerprint density at radius 2 is 1.35 bits per heavy atom. The van der Waals surface area contributed by atoms with Crippen molar-refractivity contribution in [1.29, 1.82) is 0 Å². The molecule has 4 amide bonds. The van der Waals surface area contributed by atoms with Crippen LogP contribution in [0.5, 0.6) is 5.75 Å². The number of ether oxygens (including phenoxy) is 1. The number of phenolic OH excluding ortho intramolecular Hbond substituents is 1. The Morgan fingerprint density at radius 1 is 0.784 bits per heavy atom. The fourth-order valence-electron chi connectivity index (χ4n) is 4.94. The number of unbranched alkanes of at least 4 members (excludes halogenated alkanes) is 1. The molecule has 0 aromatic heterocycles. The van der Waals surface area contributed by atoms with E-state index in [1.165, 1.54) is 19.2 Å². The highest BCUT2D eigenvalue weighted by molar-refractivity contribution is 5.95. The SMILES string of the molecule is COC(=O)[C@H](Cc1ccc(O)cc1)NC(=O)[C@@H](NC(=O)[C@@H](CCCC(=O)O)NC(=O)[C@H](CCCCN)NC(=O)[C@@H](N)CCCN=C(N)N)C(C)C. The van der Waals surface area contributed by atoms with Gasteiger partial charge in [-0.2, -0.15) is 0 Å². The highest BCUT2D eigenvalue weighted by Gasteiger charge is 2.33. The zero-order valence-electron chi connectivity index (χ0n) is 29.6. The number of methoxy groups -OCH3 is 1. The van der Waals surface area contributed by atoms with E-state index in [4.69, 9.17) is 27.7 Å². The number of carboxylic acid groups (broad SMARTS) is 1. The molecule has 0 aliphatic carbocycles. The van der Waals surface area contributed by atoms with Crippen LogP contribution in [0.3, 0.4) is 0 Å². The van der Waals surface area contributed by atoms with Crippen molar-refractivity contribution in [2.24, 2.45) is 33.8 Å². The van der Waals surface area contributed by atoms with Crippen LogP contribution in [0.15, 0.2) is 29.3 Å². The van der Waals surface area contributed by atoms with Crippen molar-refractivity contribution in [3.8, 4) is 5.75 Å². The molecule has 1 aromatic carbocycles. The monoisotopic (exact) mass is 721 g/mol. The summed E-state index contributed by atoms with van der Waals surface area (Å²) in [5.41, 5.74) is 22.9. The summed E-state index contributed by atoms with van der Waals surface area (Å²) in [6, 6.07) is 0.340. The van der Waals surface area contributed by atoms with Gasteiger partial charge in [-0.15, -0.1) is 0 Å². The summed E-state index contributed by atoms with van der Waals surface area (Å²) in [7, 11) is 1.17. The first-order valence-corrected chi connectivity index (χ1v) is 16.9. The van der Waals surface area contributed by atoms with Gasteiger partial charge in [0.15, 0.2) is 5.96 Å². The van der Waals surface area contributed by atoms with Gasteiger partial charge in [-0.3, -0.25) is 29.0 Å². The van der Waals surface area contributed by atoms with Crippen LogP contribution in [0.25, 0.3) is 0 Å². The molecule has 286 valence electrons. The van der Waals surface area contributed by atoms with Crippen LogP contribution in [0.1, 0.15) is 70.8 Å². The molecule has 0 radical (unpaired) electrons. The minimum atomic E-state index is -1.29. The number of phenols is 1. The third-order valence-corrected chi connectivity index (χ3v) is 7.83. The van der Waals surface area contributed by atoms with Gasteiger partial charge in [-0.05, 0) is 75.1 Å². The second kappa shape index (κ2) is 23.4. The van der Waals surface area contributed by atoms with Crippen LogP contribution < -0.4 is 44.2 Å². The third kappa shape index (κ3) is 17.5. The second-order valence-corrected chi connectivity index (χ2v) is 12.4. The van der Waals surface area contributed by atoms with E-state index in [0.717, 1.165) is 0 Å². The zero-order valence-corrected chi connectivity index (χ0v) is 29.6. The number of aromatic hydroxyl groups is 1. The topological polar surface area (TPSA) is 317 Å². The number of hydrogen-bond acceptors (Lipinski definition) is 11. The third-order valence-electron chi connectivity index (χ3n) is 7.83. The molecule has 14 N–H and O–H groups in total. The Hall–Kier alpha value is -4.97. The van der Waals surface area contributed by atoms with Gasteiger partial charge >= 0.3 is 11.9 Å². The van der Waals surface area contributed by atoms with Crippen LogP contribution in [-0.4, -0.2) is 102 Å². The van der Waals surface area contributed by atoms with Gasteiger partial charge in [0, 0.05) is 19.4 Å². The number of esters is 1. The molecule has 0 aliphatic heterocycles. The molecule has 0 heterocycles. The number of benzene rings is 1. The lowest BCUT2D eigenvalue weighted by molar-refractivity contribution is -0.145. The molecule has 18 heteroatoms. The summed E-state index contributed by atoms with van der Waals surface area (Å²) in [5.74, 6) is -5.21. The maximum atomic E-state index is 13.7. The lowest BCUT2D eigenvalue weighted by Crippen LogP contribution is -2.59. The Labute approximate surface area is 297 Å². The second-order valence-electron chi connectivity index (χ2n) is 12.4. The lowest BCUT2D eigenvalue weighted by Gasteiger charge is -2.28. The van der Waals surface area contributed by atoms with Crippen molar-refractivity contribution >= 4 is 41.5 Å². The molecule has 0 spiro atoms. The number of nitrogens with zero attached hydrogens (tertiary/aromatic N) is 1. The van der Waals surface area contributed by atoms with Crippen LogP contribution in [0, 0.1) is 5.92 Å². The fraction of sp³-hybridized carbons (Fsp3) is 0.606. The standard InChI is InChI=1S/C33H55N9O9/c1-19(2)27(31(49)41-25(32(50)51-3)18-20-12-14-21(43)15-13-20)42-30(48)24(10-6-11-26(44)45)40-29(47)23(9-4-5-16-34)39-28(46)22(35)8-7-17-38-33(36)37/h12-15,19,22-25,27,43H,4-11,16-18,34-35H2,1-3H3,(H,39,46)(H,40,47)(H,41,49)(H,42,48)(H,44,45)(H4,36,37,38)/t22-,23-,24+,25-,27-/m0/s1. The van der Waals surface area contributed by atoms with E-state index < -0.39 is 71.7 Å². The minimum absolute atomic E-state index is 0.00809. The van der Waals surface area contributed by atoms with E-state index in [1.807, 2.05) is 0 Å². The number of carbonyl (C=O) groups is 6. The molecule has 1 aromatic rings. The number of aliphatic imine (C=N–C) groups is 1. The van der Waals surface area contributed by atoms with Crippen molar-refractivity contribution in [2.75, 3.05) is 20.2 Å². The van der Waals surface area contributed by atoms with Crippen molar-refractivity contribution < 1.29 is 43.7 Å². The van der Waals surface area contributed by atoms with E-state index in [-0.39, 0.29) is 56.8 Å². The van der Waals surface area contributed by atoms with Crippen molar-refractivity contribution in [3.63, 3.8) is 0 Å². The van der Waals surface area contributed by atoms with Gasteiger partial charge in [0.2, 0.25) is 23.6 Å². The van der Waals surface area contributed by atoms with Gasteiger partial charge in [0.25, 0.3) is 0 Å². The van der Waals surface area contributed by atoms with Crippen molar-refractivity contribution in [2.45, 2.75) is 102 Å². The molecule has 0 saturated carbocycles. The van der Waals surface area contributed by atoms with E-state index in [1.54, 1.807) is 26.0 Å². The van der Waals surface area contributed by atoms with E-state index in [2.05, 4.69) is 26.3 Å². The van der Waals surface area contributed by atoms with Gasteiger partial charge in [0.1, 0.15) is 29.9 Å². The van der Waals surface area contributed by atoms with E-state index in [9.17, 15) is 39.0 Å². The van der Waals surface area contributed by atoms with Crippen LogP contribution >= 0.6 is 0 Å². The number of carbonyl (C=O) groups excluding carboxylic acids is 5. The molecule has 0 unspecified atom stereocenters. The first-order chi connectivity index (χ1) is 24.1. The molecule has 0 bridgehead atoms. The van der Waals surface area contributed by atoms with Crippen molar-refractivity contribution in [3.05, 3.63) is 29.8 Å². The highest BCUT2D eigenvalue weighted by Crippen LogP contribution is 2.13. The number of hydrogen-bond donors (Lipinski definition) is 10. The summed E-state index contributed by atoms with van der Waals surface area (Å²) < 4.78 is 4.86. The van der Waals surface area contributed by atoms with Gasteiger partial charge in [-0.25, -0.2) is 4.79 Å². The summed E-state index contributed by atoms with van der Waals surface area (Å²) in [4.78, 5) is 81.3. The summed E-state index contributed by atoms with van der Waals surface area (Å²) in [5, 5.41) is 29.3. The molecular weight excluding hydrogens is 666 g/mol. The normalized spacial score (nSPS) is 13.8. The smallest absolute Gasteiger partial charge is 0.328 e. The number of amides is 4. The summed E-state index contributed by atoms with van der Waals surface area (Å²) in [6.07, 6.45) is 1.47. The van der Waals surface area contributed by atoms with E-state index in [0.29, 0.717) is 31.4 Å². The van der Waals surface area contributed by atoms with Crippen molar-refractivity contribution in [1.82, 2.24) is 21.3 Å². The predicted octanol–water partition coefficient (Wildman–Crippen LogP) is -1.53. The first-order valence-electron chi connectivity index (χ1n) is 16.9. The molecule has 0 saturated heterocycles. The number of aliphatic carboxylic acids is 1. The average Bonchev–Trinajstić information content (AvgIpc) is 3.07. The van der Waals surface area contributed by atoms with Gasteiger partial charge in [0.05, 0.1) is 13.2 Å². The summed E-state index contributed by atoms with van der Waals surface area (Å²) >= 11 is 0. The maximum Gasteiger partial charge on any atom is 0.328 e. The first kappa shape index (κ1) is 44.1. The Bertz CT molecular complexity index is 1320. The molecular formula is C33H55N9O9. The summed E-state index contributed by atoms with van der Waals surface area (Å²) in [6.45, 7) is 3.93. The average molecular weight is 722 g/mol. The van der Waals surface area contributed by atoms with Gasteiger partial charge < -0.3 is 59.2 Å². The van der Waals surface area contributed by atoms with Crippen LogP contribution in [0.2, 0.25) is 0 Å². The predicted molar refractivity (Wildman–Crippen MR) is 189 cm³/mol. The molecule has 0 aliphatic rings. The number of nitrogens with one attached hydrogen (secondary N) is 4. The quantitative estimate of drug-likeness (QED) is 0.0251. The minimum Gasteiger partial charge on any atom is -0.508 e. The Balaban J connectivity index is 3.17. The molecule has 51 heavy (non-hydrogen) atoms. The largest absolute Gasteiger partial charge is 0.508 e. The number of nitrogens with two attached hydrogens (primary N) is 4. The van der Waals surface area contributed by atoms with E-state index >= 15 is 0 Å². The number of rotatable bonds is 24. The highest BCUT2D eigenvalue weighted by atomic mass is 16.5. The molecule has 0 fully saturated rings. The lowest BCUT2D eigenvalue weighted by atomic mass is 10.00. The maximum absolute atomic E-state index is 13.7. The van der Waals surface area contributed by atoms with Gasteiger partial charge in [-0.1, -0.05) is 26.0 Å². The molecule has 18 nitrogen and oxygen atoms in total. The van der Waals surface area contributed by atoms with Crippen LogP contribution in [0.4, 0.5) is 0 Å². The molecule has 5 atom stereocenters. The number of carboxylic acids is 1. The molecule has 1 rings (SSSR count). The van der Waals surface area contributed by atoms with Crippen LogP contribution in [-0.2, 0) is 39.9 Å². The Kier molecular flexibility index (Phi) is 20.2. The number of guanidine groups is 1.